The highest BCUT2D eigenvalue weighted by molar-refractivity contribution is 5.97. The summed E-state index contributed by atoms with van der Waals surface area (Å²) < 4.78 is 11.6. The highest BCUT2D eigenvalue weighted by Gasteiger charge is 2.24. The molecule has 3 aromatic heterocycles. The summed E-state index contributed by atoms with van der Waals surface area (Å²) in [5, 5.41) is 3.45. The number of ether oxygens (including phenoxy) is 2. The zero-order valence-electron chi connectivity index (χ0n) is 20.9. The fraction of sp³-hybridized carbons (Fsp3) is 0.500. The molecule has 0 aliphatic heterocycles. The largest absolute Gasteiger partial charge is 0.490 e. The minimum absolute atomic E-state index is 0.248. The van der Waals surface area contributed by atoms with Crippen molar-refractivity contribution in [1.29, 1.82) is 0 Å². The third-order valence-corrected chi connectivity index (χ3v) is 5.75. The van der Waals surface area contributed by atoms with E-state index in [4.69, 9.17) is 9.47 Å². The SMILES string of the molecule is CC.CN(C)CC1CC1.COc1nccc(OC2CCC2)c1-c1c[nH]c2nc(NC=O)ccc12. The lowest BCUT2D eigenvalue weighted by molar-refractivity contribution is -0.105. The Bertz CT molecular complexity index is 1060. The maximum atomic E-state index is 10.6. The van der Waals surface area contributed by atoms with Crippen molar-refractivity contribution in [3.05, 3.63) is 30.6 Å². The van der Waals surface area contributed by atoms with E-state index < -0.39 is 0 Å². The second-order valence-corrected chi connectivity index (χ2v) is 8.63. The monoisotopic (exact) mass is 467 g/mol. The van der Waals surface area contributed by atoms with Crippen molar-refractivity contribution in [2.24, 2.45) is 5.92 Å². The number of pyridine rings is 2. The third-order valence-electron chi connectivity index (χ3n) is 5.75. The van der Waals surface area contributed by atoms with Gasteiger partial charge in [0.1, 0.15) is 17.2 Å². The molecule has 8 nitrogen and oxygen atoms in total. The molecule has 2 fully saturated rings. The number of aromatic nitrogens is 3. The number of amides is 1. The first-order valence-corrected chi connectivity index (χ1v) is 12.1. The summed E-state index contributed by atoms with van der Waals surface area (Å²) in [4.78, 5) is 24.7. The van der Waals surface area contributed by atoms with Gasteiger partial charge in [-0.3, -0.25) is 4.79 Å². The normalized spacial score (nSPS) is 14.9. The number of nitrogens with one attached hydrogen (secondary N) is 2. The molecule has 2 saturated carbocycles. The van der Waals surface area contributed by atoms with Crippen LogP contribution in [0.5, 0.6) is 11.6 Å². The second-order valence-electron chi connectivity index (χ2n) is 8.63. The van der Waals surface area contributed by atoms with Crippen LogP contribution in [0.15, 0.2) is 30.6 Å². The molecule has 184 valence electrons. The smallest absolute Gasteiger partial charge is 0.224 e. The number of hydrogen-bond acceptors (Lipinski definition) is 6. The first-order valence-electron chi connectivity index (χ1n) is 12.1. The van der Waals surface area contributed by atoms with Crippen LogP contribution in [0.3, 0.4) is 0 Å². The van der Waals surface area contributed by atoms with Gasteiger partial charge < -0.3 is 24.7 Å². The number of carbonyl (C=O) groups excluding carboxylic acids is 1. The molecule has 0 spiro atoms. The van der Waals surface area contributed by atoms with E-state index in [0.717, 1.165) is 41.0 Å². The number of aromatic amines is 1. The molecule has 0 aromatic carbocycles. The molecule has 0 saturated heterocycles. The van der Waals surface area contributed by atoms with E-state index in [2.05, 4.69) is 39.3 Å². The molecule has 3 heterocycles. The van der Waals surface area contributed by atoms with Gasteiger partial charge in [0.25, 0.3) is 0 Å². The summed E-state index contributed by atoms with van der Waals surface area (Å²) in [5.41, 5.74) is 2.38. The van der Waals surface area contributed by atoms with Gasteiger partial charge in [-0.1, -0.05) is 13.8 Å². The minimum Gasteiger partial charge on any atom is -0.490 e. The Morgan fingerprint density at radius 2 is 1.94 bits per heavy atom. The van der Waals surface area contributed by atoms with Gasteiger partial charge in [0, 0.05) is 29.9 Å². The van der Waals surface area contributed by atoms with Crippen LogP contribution in [0.2, 0.25) is 0 Å². The Morgan fingerprint density at radius 1 is 1.18 bits per heavy atom. The average molecular weight is 468 g/mol. The number of H-pyrrole nitrogens is 1. The molecular formula is C26H37N5O3. The first-order chi connectivity index (χ1) is 16.6. The predicted molar refractivity (Wildman–Crippen MR) is 136 cm³/mol. The Morgan fingerprint density at radius 3 is 2.50 bits per heavy atom. The van der Waals surface area contributed by atoms with Gasteiger partial charge in [-0.2, -0.15) is 0 Å². The quantitative estimate of drug-likeness (QED) is 0.447. The molecule has 0 bridgehead atoms. The van der Waals surface area contributed by atoms with E-state index in [-0.39, 0.29) is 6.10 Å². The summed E-state index contributed by atoms with van der Waals surface area (Å²) in [7, 11) is 5.87. The summed E-state index contributed by atoms with van der Waals surface area (Å²) in [6.07, 6.45) is 10.7. The molecule has 2 aliphatic rings. The lowest BCUT2D eigenvalue weighted by Gasteiger charge is -2.27. The molecule has 3 aromatic rings. The second kappa shape index (κ2) is 12.4. The maximum Gasteiger partial charge on any atom is 0.224 e. The van der Waals surface area contributed by atoms with E-state index in [1.165, 1.54) is 25.8 Å². The van der Waals surface area contributed by atoms with Crippen LogP contribution in [-0.2, 0) is 4.79 Å². The topological polar surface area (TPSA) is 92.4 Å². The molecule has 2 N–H and O–H groups in total. The fourth-order valence-corrected chi connectivity index (χ4v) is 3.76. The number of nitrogens with zero attached hydrogens (tertiary/aromatic N) is 3. The van der Waals surface area contributed by atoms with E-state index in [0.29, 0.717) is 23.8 Å². The van der Waals surface area contributed by atoms with Gasteiger partial charge in [-0.05, 0) is 70.3 Å². The Balaban J connectivity index is 0.000000306. The van der Waals surface area contributed by atoms with Crippen LogP contribution >= 0.6 is 0 Å². The van der Waals surface area contributed by atoms with Crippen molar-refractivity contribution in [2.45, 2.75) is 52.1 Å². The van der Waals surface area contributed by atoms with Crippen LogP contribution in [0.4, 0.5) is 5.82 Å². The molecule has 1 amide bonds. The zero-order valence-corrected chi connectivity index (χ0v) is 20.9. The number of hydrogen-bond donors (Lipinski definition) is 2. The van der Waals surface area contributed by atoms with Gasteiger partial charge in [-0.15, -0.1) is 0 Å². The van der Waals surface area contributed by atoms with E-state index in [1.807, 2.05) is 32.2 Å². The molecule has 2 aliphatic carbocycles. The van der Waals surface area contributed by atoms with Crippen molar-refractivity contribution < 1.29 is 14.3 Å². The van der Waals surface area contributed by atoms with Gasteiger partial charge in [0.05, 0.1) is 18.8 Å². The highest BCUT2D eigenvalue weighted by atomic mass is 16.5. The minimum atomic E-state index is 0.248. The third kappa shape index (κ3) is 6.47. The standard InChI is InChI=1S/C18H18N4O3.C6H13N.C2H6/c1-24-18-16(14(7-8-19-18)25-11-3-2-4-11)13-9-20-17-12(13)5-6-15(22-17)21-10-23;1-7(2)5-6-3-4-6;1-2/h5-11H,2-4H2,1H3,(H2,20,21,22,23);6H,3-5H2,1-2H3;1-2H3. The van der Waals surface area contributed by atoms with Gasteiger partial charge in [-0.25, -0.2) is 9.97 Å². The summed E-state index contributed by atoms with van der Waals surface area (Å²) in [6, 6.07) is 5.52. The van der Waals surface area contributed by atoms with E-state index >= 15 is 0 Å². The van der Waals surface area contributed by atoms with Crippen LogP contribution in [0.25, 0.3) is 22.2 Å². The zero-order chi connectivity index (χ0) is 24.5. The van der Waals surface area contributed by atoms with Gasteiger partial charge in [0.2, 0.25) is 12.3 Å². The fourth-order valence-electron chi connectivity index (χ4n) is 3.76. The Labute approximate surface area is 202 Å². The van der Waals surface area contributed by atoms with Crippen molar-refractivity contribution in [3.8, 4) is 22.8 Å². The number of carbonyl (C=O) groups is 1. The molecule has 5 rings (SSSR count). The van der Waals surface area contributed by atoms with Crippen molar-refractivity contribution in [3.63, 3.8) is 0 Å². The molecule has 0 unspecified atom stereocenters. The molecule has 0 atom stereocenters. The number of rotatable bonds is 8. The first kappa shape index (κ1) is 25.5. The van der Waals surface area contributed by atoms with Crippen LogP contribution < -0.4 is 14.8 Å². The Hall–Kier alpha value is -3.13. The highest BCUT2D eigenvalue weighted by Crippen LogP contribution is 2.42. The predicted octanol–water partition coefficient (Wildman–Crippen LogP) is 5.12. The average Bonchev–Trinajstić information content (AvgIpc) is 3.53. The van der Waals surface area contributed by atoms with Crippen LogP contribution in [0.1, 0.15) is 46.0 Å². The molecular weight excluding hydrogens is 430 g/mol. The van der Waals surface area contributed by atoms with Crippen molar-refractivity contribution in [2.75, 3.05) is 33.1 Å². The summed E-state index contributed by atoms with van der Waals surface area (Å²) in [5.74, 6) is 2.80. The number of fused-ring (bicyclic) bond motifs is 1. The molecule has 34 heavy (non-hydrogen) atoms. The lowest BCUT2D eigenvalue weighted by atomic mass is 9.96. The number of methoxy groups -OCH3 is 1. The summed E-state index contributed by atoms with van der Waals surface area (Å²) in [6.45, 7) is 5.31. The molecule has 0 radical (unpaired) electrons. The Kier molecular flexibility index (Phi) is 9.27. The van der Waals surface area contributed by atoms with E-state index in [9.17, 15) is 4.79 Å². The van der Waals surface area contributed by atoms with Crippen LogP contribution in [0, 0.1) is 5.92 Å². The maximum absolute atomic E-state index is 10.6. The van der Waals surface area contributed by atoms with Crippen molar-refractivity contribution >= 4 is 23.3 Å². The van der Waals surface area contributed by atoms with Crippen LogP contribution in [-0.4, -0.2) is 60.1 Å². The number of anilines is 1. The van der Waals surface area contributed by atoms with Gasteiger partial charge in [0.15, 0.2) is 0 Å². The lowest BCUT2D eigenvalue weighted by Crippen LogP contribution is -2.24. The summed E-state index contributed by atoms with van der Waals surface area (Å²) >= 11 is 0. The van der Waals surface area contributed by atoms with E-state index in [1.54, 1.807) is 19.4 Å². The van der Waals surface area contributed by atoms with Crippen molar-refractivity contribution in [1.82, 2.24) is 19.9 Å². The molecule has 8 heteroatoms. The van der Waals surface area contributed by atoms with Gasteiger partial charge >= 0.3 is 0 Å².